The Balaban J connectivity index is 2.04. The van der Waals surface area contributed by atoms with Gasteiger partial charge in [0.25, 0.3) is 0 Å². The first-order valence-corrected chi connectivity index (χ1v) is 5.83. The Morgan fingerprint density at radius 3 is 3.00 bits per heavy atom. The standard InChI is InChI=1S/C13H11ClO2/c14-9-4-5-12-8(6-9)7-10-11(15)2-1-3-13(10)16-12/h4-6H,1-3,7H2. The minimum absolute atomic E-state index is 0.229. The lowest BCUT2D eigenvalue weighted by molar-refractivity contribution is -0.116. The van der Waals surface area contributed by atoms with E-state index in [1.807, 2.05) is 18.2 Å². The Labute approximate surface area is 98.9 Å². The second-order valence-corrected chi connectivity index (χ2v) is 4.65. The van der Waals surface area contributed by atoms with Crippen LogP contribution in [-0.4, -0.2) is 5.78 Å². The van der Waals surface area contributed by atoms with Gasteiger partial charge >= 0.3 is 0 Å². The molecule has 3 rings (SSSR count). The van der Waals surface area contributed by atoms with Crippen LogP contribution >= 0.6 is 11.6 Å². The lowest BCUT2D eigenvalue weighted by atomic mass is 9.89. The number of allylic oxidation sites excluding steroid dienone is 2. The Hall–Kier alpha value is -1.28. The zero-order valence-corrected chi connectivity index (χ0v) is 9.51. The van der Waals surface area contributed by atoms with Crippen LogP contribution in [-0.2, 0) is 11.2 Å². The minimum atomic E-state index is 0.229. The van der Waals surface area contributed by atoms with E-state index < -0.39 is 0 Å². The summed E-state index contributed by atoms with van der Waals surface area (Å²) in [5, 5.41) is 0.689. The predicted octanol–water partition coefficient (Wildman–Crippen LogP) is 3.28. The molecule has 0 amide bonds. The first-order chi connectivity index (χ1) is 7.74. The molecular weight excluding hydrogens is 224 g/mol. The topological polar surface area (TPSA) is 26.3 Å². The van der Waals surface area contributed by atoms with Crippen LogP contribution in [0.2, 0.25) is 5.02 Å². The molecule has 1 aliphatic carbocycles. The van der Waals surface area contributed by atoms with E-state index in [1.54, 1.807) is 0 Å². The summed E-state index contributed by atoms with van der Waals surface area (Å²) in [5.74, 6) is 1.94. The number of halogens is 1. The highest BCUT2D eigenvalue weighted by Crippen LogP contribution is 2.36. The van der Waals surface area contributed by atoms with Crippen molar-refractivity contribution >= 4 is 17.4 Å². The van der Waals surface area contributed by atoms with Crippen LogP contribution in [0.3, 0.4) is 0 Å². The highest BCUT2D eigenvalue weighted by molar-refractivity contribution is 6.30. The minimum Gasteiger partial charge on any atom is -0.461 e. The highest BCUT2D eigenvalue weighted by atomic mass is 35.5. The summed E-state index contributed by atoms with van der Waals surface area (Å²) >= 11 is 5.93. The normalized spacial score (nSPS) is 18.9. The summed E-state index contributed by atoms with van der Waals surface area (Å²) in [5.41, 5.74) is 1.86. The number of rotatable bonds is 0. The molecule has 2 nitrogen and oxygen atoms in total. The second-order valence-electron chi connectivity index (χ2n) is 4.21. The second kappa shape index (κ2) is 3.63. The van der Waals surface area contributed by atoms with E-state index in [-0.39, 0.29) is 5.78 Å². The lowest BCUT2D eigenvalue weighted by Gasteiger charge is -2.25. The van der Waals surface area contributed by atoms with Gasteiger partial charge in [0, 0.05) is 35.4 Å². The van der Waals surface area contributed by atoms with Crippen LogP contribution in [0.5, 0.6) is 5.75 Å². The summed E-state index contributed by atoms with van der Waals surface area (Å²) in [6.07, 6.45) is 3.10. The molecule has 82 valence electrons. The molecule has 1 aromatic rings. The van der Waals surface area contributed by atoms with Crippen LogP contribution in [0.1, 0.15) is 24.8 Å². The summed E-state index contributed by atoms with van der Waals surface area (Å²) in [4.78, 5) is 11.8. The molecule has 0 saturated heterocycles. The van der Waals surface area contributed by atoms with Crippen molar-refractivity contribution in [2.24, 2.45) is 0 Å². The molecule has 0 N–H and O–H groups in total. The van der Waals surface area contributed by atoms with E-state index in [0.717, 1.165) is 35.5 Å². The summed E-state index contributed by atoms with van der Waals surface area (Å²) in [7, 11) is 0. The number of ketones is 1. The van der Waals surface area contributed by atoms with Crippen molar-refractivity contribution in [1.82, 2.24) is 0 Å². The number of fused-ring (bicyclic) bond motifs is 1. The lowest BCUT2D eigenvalue weighted by Crippen LogP contribution is -2.20. The maximum Gasteiger partial charge on any atom is 0.162 e. The summed E-state index contributed by atoms with van der Waals surface area (Å²) < 4.78 is 5.76. The van der Waals surface area contributed by atoms with Gasteiger partial charge in [-0.3, -0.25) is 4.79 Å². The van der Waals surface area contributed by atoms with Crippen molar-refractivity contribution in [3.05, 3.63) is 40.1 Å². The van der Waals surface area contributed by atoms with Gasteiger partial charge in [-0.25, -0.2) is 0 Å². The average Bonchev–Trinajstić information content (AvgIpc) is 2.28. The van der Waals surface area contributed by atoms with Gasteiger partial charge in [0.05, 0.1) is 0 Å². The molecule has 3 heteroatoms. The molecular formula is C13H11ClO2. The van der Waals surface area contributed by atoms with Gasteiger partial charge in [-0.15, -0.1) is 0 Å². The van der Waals surface area contributed by atoms with E-state index in [2.05, 4.69) is 0 Å². The van der Waals surface area contributed by atoms with Gasteiger partial charge in [-0.1, -0.05) is 11.6 Å². The number of carbonyl (C=O) groups is 1. The molecule has 0 saturated carbocycles. The fraction of sp³-hybridized carbons (Fsp3) is 0.308. The number of benzene rings is 1. The molecule has 0 fully saturated rings. The van der Waals surface area contributed by atoms with E-state index in [9.17, 15) is 4.79 Å². The monoisotopic (exact) mass is 234 g/mol. The molecule has 16 heavy (non-hydrogen) atoms. The van der Waals surface area contributed by atoms with E-state index in [1.165, 1.54) is 0 Å². The largest absolute Gasteiger partial charge is 0.461 e. The molecule has 2 aliphatic rings. The number of ether oxygens (including phenoxy) is 1. The highest BCUT2D eigenvalue weighted by Gasteiger charge is 2.27. The van der Waals surface area contributed by atoms with Crippen LogP contribution in [0.4, 0.5) is 0 Å². The van der Waals surface area contributed by atoms with Crippen LogP contribution in [0.25, 0.3) is 0 Å². The van der Waals surface area contributed by atoms with Gasteiger partial charge in [0.2, 0.25) is 0 Å². The molecule has 0 bridgehead atoms. The van der Waals surface area contributed by atoms with Crippen molar-refractivity contribution in [3.8, 4) is 5.75 Å². The van der Waals surface area contributed by atoms with Gasteiger partial charge in [0.15, 0.2) is 5.78 Å². The molecule has 0 radical (unpaired) electrons. The van der Waals surface area contributed by atoms with Crippen LogP contribution in [0, 0.1) is 0 Å². The third-order valence-corrected chi connectivity index (χ3v) is 3.34. The van der Waals surface area contributed by atoms with Crippen molar-refractivity contribution in [2.45, 2.75) is 25.7 Å². The van der Waals surface area contributed by atoms with E-state index in [0.29, 0.717) is 17.9 Å². The van der Waals surface area contributed by atoms with Crippen LogP contribution < -0.4 is 4.74 Å². The fourth-order valence-corrected chi connectivity index (χ4v) is 2.48. The number of carbonyl (C=O) groups excluding carboxylic acids is 1. The SMILES string of the molecule is O=C1CCCC2=C1Cc1cc(Cl)ccc1O2. The number of hydrogen-bond donors (Lipinski definition) is 0. The van der Waals surface area contributed by atoms with Gasteiger partial charge in [-0.2, -0.15) is 0 Å². The molecule has 1 heterocycles. The fourth-order valence-electron chi connectivity index (χ4n) is 2.29. The van der Waals surface area contributed by atoms with Crippen molar-refractivity contribution in [2.75, 3.05) is 0 Å². The Kier molecular flexibility index (Phi) is 2.25. The van der Waals surface area contributed by atoms with Gasteiger partial charge < -0.3 is 4.74 Å². The molecule has 0 spiro atoms. The third-order valence-electron chi connectivity index (χ3n) is 3.10. The predicted molar refractivity (Wildman–Crippen MR) is 61.7 cm³/mol. The Bertz CT molecular complexity index is 503. The van der Waals surface area contributed by atoms with Crippen molar-refractivity contribution in [3.63, 3.8) is 0 Å². The van der Waals surface area contributed by atoms with Gasteiger partial charge in [0.1, 0.15) is 11.5 Å². The van der Waals surface area contributed by atoms with Crippen LogP contribution in [0.15, 0.2) is 29.5 Å². The third kappa shape index (κ3) is 1.54. The Morgan fingerprint density at radius 2 is 2.12 bits per heavy atom. The van der Waals surface area contributed by atoms with Crippen molar-refractivity contribution < 1.29 is 9.53 Å². The maximum atomic E-state index is 11.8. The zero-order valence-electron chi connectivity index (χ0n) is 8.75. The molecule has 1 aliphatic heterocycles. The zero-order chi connectivity index (χ0) is 11.1. The number of Topliss-reactive ketones (excluding diaryl/α,β-unsaturated/α-hetero) is 1. The average molecular weight is 235 g/mol. The van der Waals surface area contributed by atoms with E-state index >= 15 is 0 Å². The first-order valence-electron chi connectivity index (χ1n) is 5.45. The number of hydrogen-bond acceptors (Lipinski definition) is 2. The Morgan fingerprint density at radius 1 is 1.25 bits per heavy atom. The molecule has 1 aromatic carbocycles. The molecule has 0 unspecified atom stereocenters. The maximum absolute atomic E-state index is 11.8. The first kappa shape index (κ1) is 9.91. The summed E-state index contributed by atoms with van der Waals surface area (Å²) in [6.45, 7) is 0. The molecule has 0 aromatic heterocycles. The summed E-state index contributed by atoms with van der Waals surface area (Å²) in [6, 6.07) is 5.57. The van der Waals surface area contributed by atoms with E-state index in [4.69, 9.17) is 16.3 Å². The van der Waals surface area contributed by atoms with Crippen molar-refractivity contribution in [1.29, 1.82) is 0 Å². The smallest absolute Gasteiger partial charge is 0.162 e. The van der Waals surface area contributed by atoms with Gasteiger partial charge in [-0.05, 0) is 24.6 Å². The molecule has 0 atom stereocenters. The quantitative estimate of drug-likeness (QED) is 0.689.